The molecule has 0 aliphatic carbocycles. The first kappa shape index (κ1) is 15.3. The molecule has 5 nitrogen and oxygen atoms in total. The summed E-state index contributed by atoms with van der Waals surface area (Å²) in [4.78, 5) is 24.9. The lowest BCUT2D eigenvalue weighted by molar-refractivity contribution is -0.147. The standard InChI is InChI=1S/C15H18FNO4/c1-10(21-12-6-4-3-5-11(12)16)13(18)17-8-7-15(2,9-17)14(19)20/h3-6,10H,7-9H2,1-2H3,(H,19,20). The van der Waals surface area contributed by atoms with Crippen LogP contribution >= 0.6 is 0 Å². The van der Waals surface area contributed by atoms with Crippen molar-refractivity contribution in [1.29, 1.82) is 0 Å². The molecule has 0 aromatic heterocycles. The highest BCUT2D eigenvalue weighted by Gasteiger charge is 2.43. The molecule has 2 atom stereocenters. The number of hydrogen-bond donors (Lipinski definition) is 1. The summed E-state index contributed by atoms with van der Waals surface area (Å²) >= 11 is 0. The van der Waals surface area contributed by atoms with E-state index in [4.69, 9.17) is 9.84 Å². The van der Waals surface area contributed by atoms with Crippen molar-refractivity contribution in [1.82, 2.24) is 4.90 Å². The van der Waals surface area contributed by atoms with Crippen LogP contribution in [0.1, 0.15) is 20.3 Å². The lowest BCUT2D eigenvalue weighted by Gasteiger charge is -2.23. The van der Waals surface area contributed by atoms with Crippen molar-refractivity contribution in [2.24, 2.45) is 5.41 Å². The molecule has 114 valence electrons. The van der Waals surface area contributed by atoms with Gasteiger partial charge in [0.1, 0.15) is 0 Å². The Hall–Kier alpha value is -2.11. The van der Waals surface area contributed by atoms with E-state index in [0.717, 1.165) is 0 Å². The lowest BCUT2D eigenvalue weighted by Crippen LogP contribution is -2.41. The van der Waals surface area contributed by atoms with Gasteiger partial charge in [-0.3, -0.25) is 9.59 Å². The largest absolute Gasteiger partial charge is 0.481 e. The molecule has 1 fully saturated rings. The molecule has 0 saturated carbocycles. The van der Waals surface area contributed by atoms with Gasteiger partial charge in [0, 0.05) is 13.1 Å². The number of ether oxygens (including phenoxy) is 1. The van der Waals surface area contributed by atoms with E-state index in [9.17, 15) is 14.0 Å². The number of rotatable bonds is 4. The van der Waals surface area contributed by atoms with Crippen LogP contribution < -0.4 is 4.74 Å². The predicted octanol–water partition coefficient (Wildman–Crippen LogP) is 1.92. The van der Waals surface area contributed by atoms with Crippen molar-refractivity contribution in [3.05, 3.63) is 30.1 Å². The van der Waals surface area contributed by atoms with Crippen LogP contribution in [0.15, 0.2) is 24.3 Å². The number of carboxylic acid groups (broad SMARTS) is 1. The quantitative estimate of drug-likeness (QED) is 0.921. The van der Waals surface area contributed by atoms with Crippen LogP contribution in [0.2, 0.25) is 0 Å². The third-order valence-corrected chi connectivity index (χ3v) is 3.79. The first-order chi connectivity index (χ1) is 9.83. The number of benzene rings is 1. The van der Waals surface area contributed by atoms with E-state index in [2.05, 4.69) is 0 Å². The number of halogens is 1. The Morgan fingerprint density at radius 3 is 2.67 bits per heavy atom. The molecule has 1 heterocycles. The van der Waals surface area contributed by atoms with Crippen LogP contribution in [0.3, 0.4) is 0 Å². The second-order valence-electron chi connectivity index (χ2n) is 5.57. The Morgan fingerprint density at radius 1 is 1.43 bits per heavy atom. The highest BCUT2D eigenvalue weighted by Crippen LogP contribution is 2.30. The summed E-state index contributed by atoms with van der Waals surface area (Å²) in [7, 11) is 0. The Bertz CT molecular complexity index is 562. The molecule has 1 aromatic rings. The van der Waals surface area contributed by atoms with Gasteiger partial charge in [-0.1, -0.05) is 12.1 Å². The van der Waals surface area contributed by atoms with Crippen LogP contribution in [0.4, 0.5) is 4.39 Å². The molecular weight excluding hydrogens is 277 g/mol. The van der Waals surface area contributed by atoms with Crippen molar-refractivity contribution < 1.29 is 23.8 Å². The minimum atomic E-state index is -0.923. The van der Waals surface area contributed by atoms with Gasteiger partial charge in [0.25, 0.3) is 5.91 Å². The third kappa shape index (κ3) is 3.15. The van der Waals surface area contributed by atoms with Gasteiger partial charge in [-0.15, -0.1) is 0 Å². The van der Waals surface area contributed by atoms with E-state index < -0.39 is 23.3 Å². The minimum Gasteiger partial charge on any atom is -0.481 e. The van der Waals surface area contributed by atoms with E-state index >= 15 is 0 Å². The van der Waals surface area contributed by atoms with Gasteiger partial charge in [0.2, 0.25) is 0 Å². The average Bonchev–Trinajstić information content (AvgIpc) is 2.84. The number of carbonyl (C=O) groups is 2. The van der Waals surface area contributed by atoms with Crippen LogP contribution in [-0.4, -0.2) is 41.1 Å². The highest BCUT2D eigenvalue weighted by atomic mass is 19.1. The summed E-state index contributed by atoms with van der Waals surface area (Å²) in [5, 5.41) is 9.16. The molecule has 1 aromatic carbocycles. The summed E-state index contributed by atoms with van der Waals surface area (Å²) in [5.74, 6) is -1.77. The Labute approximate surface area is 122 Å². The number of amides is 1. The van der Waals surface area contributed by atoms with E-state index in [0.29, 0.717) is 13.0 Å². The third-order valence-electron chi connectivity index (χ3n) is 3.79. The molecule has 6 heteroatoms. The van der Waals surface area contributed by atoms with Crippen LogP contribution in [0.25, 0.3) is 0 Å². The maximum Gasteiger partial charge on any atom is 0.311 e. The molecule has 2 unspecified atom stereocenters. The molecular formula is C15H18FNO4. The van der Waals surface area contributed by atoms with E-state index in [-0.39, 0.29) is 18.2 Å². The number of para-hydroxylation sites is 1. The van der Waals surface area contributed by atoms with E-state index in [1.54, 1.807) is 13.0 Å². The van der Waals surface area contributed by atoms with Gasteiger partial charge in [0.15, 0.2) is 17.7 Å². The molecule has 0 bridgehead atoms. The number of aliphatic carboxylic acids is 1. The number of carbonyl (C=O) groups excluding carboxylic acids is 1. The Balaban J connectivity index is 2.01. The second-order valence-corrected chi connectivity index (χ2v) is 5.57. The van der Waals surface area contributed by atoms with E-state index in [1.165, 1.54) is 30.0 Å². The van der Waals surface area contributed by atoms with Gasteiger partial charge in [-0.25, -0.2) is 4.39 Å². The predicted molar refractivity (Wildman–Crippen MR) is 73.4 cm³/mol. The van der Waals surface area contributed by atoms with Crippen molar-refractivity contribution in [2.75, 3.05) is 13.1 Å². The summed E-state index contributed by atoms with van der Waals surface area (Å²) < 4.78 is 18.8. The van der Waals surface area contributed by atoms with E-state index in [1.807, 2.05) is 0 Å². The Morgan fingerprint density at radius 2 is 2.10 bits per heavy atom. The molecule has 0 spiro atoms. The fourth-order valence-electron chi connectivity index (χ4n) is 2.36. The number of carboxylic acids is 1. The molecule has 21 heavy (non-hydrogen) atoms. The average molecular weight is 295 g/mol. The number of nitrogens with zero attached hydrogens (tertiary/aromatic N) is 1. The molecule has 1 amide bonds. The maximum absolute atomic E-state index is 13.5. The smallest absolute Gasteiger partial charge is 0.311 e. The molecule has 1 aliphatic rings. The fourth-order valence-corrected chi connectivity index (χ4v) is 2.36. The fraction of sp³-hybridized carbons (Fsp3) is 0.467. The van der Waals surface area contributed by atoms with Crippen molar-refractivity contribution >= 4 is 11.9 Å². The van der Waals surface area contributed by atoms with Gasteiger partial charge >= 0.3 is 5.97 Å². The second kappa shape index (κ2) is 5.71. The van der Waals surface area contributed by atoms with Crippen LogP contribution in [0.5, 0.6) is 5.75 Å². The summed E-state index contributed by atoms with van der Waals surface area (Å²) in [5.41, 5.74) is -0.923. The van der Waals surface area contributed by atoms with Gasteiger partial charge in [-0.2, -0.15) is 0 Å². The zero-order chi connectivity index (χ0) is 15.6. The number of hydrogen-bond acceptors (Lipinski definition) is 3. The summed E-state index contributed by atoms with van der Waals surface area (Å²) in [6, 6.07) is 5.86. The summed E-state index contributed by atoms with van der Waals surface area (Å²) in [6.07, 6.45) is -0.460. The zero-order valence-corrected chi connectivity index (χ0v) is 12.0. The lowest BCUT2D eigenvalue weighted by atomic mass is 9.90. The van der Waals surface area contributed by atoms with Crippen LogP contribution in [0, 0.1) is 11.2 Å². The monoisotopic (exact) mass is 295 g/mol. The van der Waals surface area contributed by atoms with Crippen molar-refractivity contribution in [3.63, 3.8) is 0 Å². The molecule has 2 rings (SSSR count). The molecule has 1 saturated heterocycles. The Kier molecular flexibility index (Phi) is 4.16. The minimum absolute atomic E-state index is 0.0125. The van der Waals surface area contributed by atoms with Gasteiger partial charge < -0.3 is 14.7 Å². The molecule has 0 radical (unpaired) electrons. The van der Waals surface area contributed by atoms with Crippen molar-refractivity contribution in [3.8, 4) is 5.75 Å². The highest BCUT2D eigenvalue weighted by molar-refractivity contribution is 5.83. The molecule has 1 aliphatic heterocycles. The van der Waals surface area contributed by atoms with Crippen LogP contribution in [-0.2, 0) is 9.59 Å². The number of likely N-dealkylation sites (tertiary alicyclic amines) is 1. The normalized spacial score (nSPS) is 22.9. The van der Waals surface area contributed by atoms with Gasteiger partial charge in [-0.05, 0) is 32.4 Å². The van der Waals surface area contributed by atoms with Crippen molar-refractivity contribution in [2.45, 2.75) is 26.4 Å². The maximum atomic E-state index is 13.5. The zero-order valence-electron chi connectivity index (χ0n) is 12.0. The molecule has 1 N–H and O–H groups in total. The first-order valence-electron chi connectivity index (χ1n) is 6.77. The SMILES string of the molecule is CC(Oc1ccccc1F)C(=O)N1CCC(C)(C(=O)O)C1. The first-order valence-corrected chi connectivity index (χ1v) is 6.77. The van der Waals surface area contributed by atoms with Gasteiger partial charge in [0.05, 0.1) is 5.41 Å². The topological polar surface area (TPSA) is 66.8 Å². The summed E-state index contributed by atoms with van der Waals surface area (Å²) in [6.45, 7) is 3.66.